The molecule has 0 aromatic carbocycles. The van der Waals surface area contributed by atoms with Crippen LogP contribution in [-0.4, -0.2) is 23.9 Å². The molecule has 0 saturated heterocycles. The Kier molecular flexibility index (Phi) is 6.25. The highest BCUT2D eigenvalue weighted by molar-refractivity contribution is 6.17. The van der Waals surface area contributed by atoms with Crippen molar-refractivity contribution in [2.75, 3.05) is 5.88 Å². The summed E-state index contributed by atoms with van der Waals surface area (Å²) in [5.74, 6) is 1.60. The third kappa shape index (κ3) is 4.05. The van der Waals surface area contributed by atoms with Gasteiger partial charge in [0.25, 0.3) is 0 Å². The first kappa shape index (κ1) is 22.1. The Morgan fingerprint density at radius 3 is 2.50 bits per heavy atom. The number of nitrogens with one attached hydrogen (secondary N) is 1. The number of hydrogen-bond donors (Lipinski definition) is 2. The van der Waals surface area contributed by atoms with Crippen LogP contribution < -0.4 is 11.1 Å². The Morgan fingerprint density at radius 2 is 1.80 bits per heavy atom. The minimum absolute atomic E-state index is 0.0514. The molecule has 4 heteroatoms. The van der Waals surface area contributed by atoms with Crippen LogP contribution in [0.1, 0.15) is 77.6 Å². The van der Waals surface area contributed by atoms with E-state index in [4.69, 9.17) is 17.3 Å². The van der Waals surface area contributed by atoms with Crippen molar-refractivity contribution in [3.05, 3.63) is 36.5 Å². The van der Waals surface area contributed by atoms with Crippen LogP contribution in [0.5, 0.6) is 0 Å². The molecule has 3 N–H and O–H groups in total. The quantitative estimate of drug-likeness (QED) is 0.405. The van der Waals surface area contributed by atoms with Gasteiger partial charge in [-0.15, -0.1) is 11.6 Å². The van der Waals surface area contributed by atoms with E-state index in [1.54, 1.807) is 0 Å². The van der Waals surface area contributed by atoms with Crippen molar-refractivity contribution >= 4 is 17.5 Å². The molecule has 5 aliphatic carbocycles. The third-order valence-electron chi connectivity index (χ3n) is 8.68. The molecule has 5 fully saturated rings. The average Bonchev–Trinajstić information content (AvgIpc) is 2.69. The number of allylic oxidation sites excluding steroid dienone is 5. The molecular weight excluding hydrogens is 392 g/mol. The maximum absolute atomic E-state index is 13.8. The van der Waals surface area contributed by atoms with Crippen molar-refractivity contribution in [3.63, 3.8) is 0 Å². The van der Waals surface area contributed by atoms with Crippen LogP contribution in [0.4, 0.5) is 0 Å². The smallest absolute Gasteiger partial charge is 0.226 e. The SMILES string of the molecule is C=C(/C=C\C=C/C)[C@]12CC3CC(C(=O)N[C@H]4CC[C@@H](N)CC4)(C[C@](CCCl)(C3)C1)C2. The van der Waals surface area contributed by atoms with Crippen molar-refractivity contribution in [1.29, 1.82) is 0 Å². The van der Waals surface area contributed by atoms with E-state index >= 15 is 0 Å². The predicted molar refractivity (Wildman–Crippen MR) is 125 cm³/mol. The molecular formula is C26H39ClN2O. The molecule has 5 saturated carbocycles. The van der Waals surface area contributed by atoms with Crippen LogP contribution in [0, 0.1) is 22.2 Å². The number of halogens is 1. The molecule has 0 aliphatic heterocycles. The monoisotopic (exact) mass is 430 g/mol. The summed E-state index contributed by atoms with van der Waals surface area (Å²) >= 11 is 6.30. The molecule has 0 aromatic heterocycles. The van der Waals surface area contributed by atoms with Crippen LogP contribution >= 0.6 is 11.6 Å². The minimum Gasteiger partial charge on any atom is -0.353 e. The number of alkyl halides is 1. The summed E-state index contributed by atoms with van der Waals surface area (Å²) in [5.41, 5.74) is 7.29. The number of carbonyl (C=O) groups is 1. The Labute approximate surface area is 187 Å². The summed E-state index contributed by atoms with van der Waals surface area (Å²) in [6, 6.07) is 0.600. The second-order valence-corrected chi connectivity index (χ2v) is 11.4. The first-order valence-electron chi connectivity index (χ1n) is 12.0. The summed E-state index contributed by atoms with van der Waals surface area (Å²) in [4.78, 5) is 13.8. The van der Waals surface area contributed by atoms with Gasteiger partial charge in [-0.25, -0.2) is 0 Å². The van der Waals surface area contributed by atoms with E-state index in [0.29, 0.717) is 29.8 Å². The Hall–Kier alpha value is -1.06. The molecule has 1 amide bonds. The molecule has 5 aliphatic rings. The fourth-order valence-corrected chi connectivity index (χ4v) is 8.19. The lowest BCUT2D eigenvalue weighted by Crippen LogP contribution is -2.62. The van der Waals surface area contributed by atoms with Gasteiger partial charge in [0.05, 0.1) is 5.41 Å². The summed E-state index contributed by atoms with van der Waals surface area (Å²) in [7, 11) is 0. The highest BCUT2D eigenvalue weighted by Gasteiger charge is 2.65. The third-order valence-corrected chi connectivity index (χ3v) is 8.87. The van der Waals surface area contributed by atoms with Gasteiger partial charge in [0, 0.05) is 18.0 Å². The van der Waals surface area contributed by atoms with Crippen LogP contribution in [0.15, 0.2) is 36.5 Å². The Morgan fingerprint density at radius 1 is 1.10 bits per heavy atom. The zero-order chi connectivity index (χ0) is 21.4. The van der Waals surface area contributed by atoms with Gasteiger partial charge in [-0.1, -0.05) is 30.9 Å². The summed E-state index contributed by atoms with van der Waals surface area (Å²) < 4.78 is 0. The van der Waals surface area contributed by atoms with Crippen LogP contribution in [0.3, 0.4) is 0 Å². The van der Waals surface area contributed by atoms with Crippen molar-refractivity contribution < 1.29 is 4.79 Å². The van der Waals surface area contributed by atoms with Gasteiger partial charge in [0.1, 0.15) is 0 Å². The van der Waals surface area contributed by atoms with E-state index in [-0.39, 0.29) is 16.2 Å². The summed E-state index contributed by atoms with van der Waals surface area (Å²) in [5, 5.41) is 3.48. The zero-order valence-electron chi connectivity index (χ0n) is 18.6. The van der Waals surface area contributed by atoms with Gasteiger partial charge >= 0.3 is 0 Å². The minimum atomic E-state index is -0.248. The molecule has 166 valence electrons. The van der Waals surface area contributed by atoms with Crippen molar-refractivity contribution in [3.8, 4) is 0 Å². The molecule has 4 atom stereocenters. The van der Waals surface area contributed by atoms with Gasteiger partial charge in [-0.2, -0.15) is 0 Å². The van der Waals surface area contributed by atoms with Crippen LogP contribution in [0.25, 0.3) is 0 Å². The molecule has 4 bridgehead atoms. The van der Waals surface area contributed by atoms with Gasteiger partial charge < -0.3 is 11.1 Å². The van der Waals surface area contributed by atoms with E-state index in [9.17, 15) is 4.79 Å². The molecule has 0 spiro atoms. The molecule has 2 unspecified atom stereocenters. The molecule has 0 heterocycles. The summed E-state index contributed by atoms with van der Waals surface area (Å²) in [6.07, 6.45) is 20.1. The predicted octanol–water partition coefficient (Wildman–Crippen LogP) is 5.65. The standard InChI is InChI=1S/C26H39ClN2O/c1-3-4-5-6-19(2)25-14-20-13-24(16-25,11-12-27)17-26(15-20,18-25)23(30)29-22-9-7-21(28)8-10-22/h3-6,20-22H,2,7-18,28H2,1H3,(H,29,30)/b4-3-,6-5-/t20?,21-,22+,24-,25-,26?/m1/s1. The van der Waals surface area contributed by atoms with Crippen LogP contribution in [-0.2, 0) is 4.79 Å². The maximum Gasteiger partial charge on any atom is 0.226 e. The lowest BCUT2D eigenvalue weighted by Gasteiger charge is -2.66. The fraction of sp³-hybridized carbons (Fsp3) is 0.731. The highest BCUT2D eigenvalue weighted by atomic mass is 35.5. The maximum atomic E-state index is 13.8. The first-order valence-corrected chi connectivity index (χ1v) is 12.5. The van der Waals surface area contributed by atoms with Gasteiger partial charge in [-0.3, -0.25) is 4.79 Å². The molecule has 5 rings (SSSR count). The normalized spacial score (nSPS) is 42.8. The van der Waals surface area contributed by atoms with Gasteiger partial charge in [0.15, 0.2) is 0 Å². The molecule has 0 aromatic rings. The van der Waals surface area contributed by atoms with Crippen molar-refractivity contribution in [2.45, 2.75) is 89.6 Å². The Bertz CT molecular complexity index is 737. The molecule has 3 nitrogen and oxygen atoms in total. The van der Waals surface area contributed by atoms with Gasteiger partial charge in [0.2, 0.25) is 5.91 Å². The lowest BCUT2D eigenvalue weighted by molar-refractivity contribution is -0.170. The highest BCUT2D eigenvalue weighted by Crippen LogP contribution is 2.72. The number of rotatable bonds is 7. The number of amides is 1. The van der Waals surface area contributed by atoms with E-state index in [0.717, 1.165) is 57.8 Å². The number of nitrogens with two attached hydrogens (primary N) is 1. The van der Waals surface area contributed by atoms with Gasteiger partial charge in [-0.05, 0) is 99.9 Å². The van der Waals surface area contributed by atoms with E-state index < -0.39 is 0 Å². The van der Waals surface area contributed by atoms with Crippen molar-refractivity contribution in [2.24, 2.45) is 27.9 Å². The number of carbonyl (C=O) groups excluding carboxylic acids is 1. The first-order chi connectivity index (χ1) is 14.3. The molecule has 30 heavy (non-hydrogen) atoms. The van der Waals surface area contributed by atoms with E-state index in [2.05, 4.69) is 30.1 Å². The lowest BCUT2D eigenvalue weighted by atomic mass is 9.37. The fourth-order valence-electron chi connectivity index (χ4n) is 7.79. The zero-order valence-corrected chi connectivity index (χ0v) is 19.4. The number of hydrogen-bond acceptors (Lipinski definition) is 2. The van der Waals surface area contributed by atoms with Crippen LogP contribution in [0.2, 0.25) is 0 Å². The summed E-state index contributed by atoms with van der Waals surface area (Å²) in [6.45, 7) is 6.56. The van der Waals surface area contributed by atoms with Crippen molar-refractivity contribution in [1.82, 2.24) is 5.32 Å². The molecule has 0 radical (unpaired) electrons. The Balaban J connectivity index is 1.60. The average molecular weight is 431 g/mol. The van der Waals surface area contributed by atoms with E-state index in [1.165, 1.54) is 18.4 Å². The second kappa shape index (κ2) is 8.47. The topological polar surface area (TPSA) is 55.1 Å². The second-order valence-electron chi connectivity index (χ2n) is 11.0. The largest absolute Gasteiger partial charge is 0.353 e. The van der Waals surface area contributed by atoms with E-state index in [1.807, 2.05) is 13.0 Å².